The van der Waals surface area contributed by atoms with Crippen molar-refractivity contribution in [1.82, 2.24) is 34.7 Å². The van der Waals surface area contributed by atoms with Gasteiger partial charge in [0.2, 0.25) is 11.8 Å². The van der Waals surface area contributed by atoms with Gasteiger partial charge < -0.3 is 10.2 Å². The number of aromatic nitrogens is 4. The van der Waals surface area contributed by atoms with E-state index in [2.05, 4.69) is 38.1 Å². The summed E-state index contributed by atoms with van der Waals surface area (Å²) in [6, 6.07) is 1.77. The summed E-state index contributed by atoms with van der Waals surface area (Å²) in [5, 5.41) is 10.4. The normalized spacial score (nSPS) is 21.4. The first-order chi connectivity index (χ1) is 12.0. The minimum Gasteiger partial charge on any atom is -0.345 e. The topological polar surface area (TPSA) is 88.3 Å². The number of nitrogens with zero attached hydrogens (tertiary/aromatic N) is 6. The number of carbonyl (C=O) groups is 2. The Morgan fingerprint density at radius 2 is 1.96 bits per heavy atom. The van der Waals surface area contributed by atoms with E-state index in [9.17, 15) is 9.59 Å². The zero-order valence-electron chi connectivity index (χ0n) is 14.3. The summed E-state index contributed by atoms with van der Waals surface area (Å²) in [5.41, 5.74) is 3.41. The van der Waals surface area contributed by atoms with Crippen molar-refractivity contribution >= 4 is 11.8 Å². The van der Waals surface area contributed by atoms with Gasteiger partial charge in [-0.1, -0.05) is 0 Å². The van der Waals surface area contributed by atoms with Crippen molar-refractivity contribution in [1.29, 1.82) is 0 Å². The molecule has 0 spiro atoms. The third kappa shape index (κ3) is 2.70. The second-order valence-electron chi connectivity index (χ2n) is 6.61. The Morgan fingerprint density at radius 1 is 1.20 bits per heavy atom. The molecule has 9 heteroatoms. The molecule has 2 aromatic heterocycles. The molecule has 0 radical (unpaired) electrons. The molecule has 9 nitrogen and oxygen atoms in total. The van der Waals surface area contributed by atoms with Gasteiger partial charge in [-0.05, 0) is 25.5 Å². The maximum Gasteiger partial charge on any atom is 0.244 e. The van der Waals surface area contributed by atoms with Crippen LogP contribution >= 0.6 is 0 Å². The highest BCUT2D eigenvalue weighted by Crippen LogP contribution is 2.20. The van der Waals surface area contributed by atoms with Crippen LogP contribution in [0.2, 0.25) is 0 Å². The molecule has 1 atom stereocenters. The lowest BCUT2D eigenvalue weighted by molar-refractivity contribution is -0.149. The summed E-state index contributed by atoms with van der Waals surface area (Å²) in [4.78, 5) is 28.0. The molecule has 4 heterocycles. The highest BCUT2D eigenvalue weighted by atomic mass is 16.2. The summed E-state index contributed by atoms with van der Waals surface area (Å²) >= 11 is 0. The summed E-state index contributed by atoms with van der Waals surface area (Å²) in [5.74, 6) is -0.0469. The fraction of sp³-hybridized carbons (Fsp3) is 0.500. The minimum absolute atomic E-state index is 0.00929. The van der Waals surface area contributed by atoms with Crippen LogP contribution in [0.5, 0.6) is 0 Å². The number of hydrogen-bond acceptors (Lipinski definition) is 5. The number of rotatable bonds is 3. The van der Waals surface area contributed by atoms with E-state index in [4.69, 9.17) is 0 Å². The maximum absolute atomic E-state index is 12.1. The molecular formula is C16H21N7O2. The Balaban J connectivity index is 1.53. The van der Waals surface area contributed by atoms with Gasteiger partial charge in [-0.3, -0.25) is 19.2 Å². The molecule has 25 heavy (non-hydrogen) atoms. The Labute approximate surface area is 145 Å². The third-order valence-corrected chi connectivity index (χ3v) is 5.03. The standard InChI is InChI=1S/C16H21N7O2/c1-11-5-13(12(2)23(11)21-9-18-19-10-21)7-20-3-4-22-14(8-20)16(25)17-6-15(22)24/h5,9-10,14H,3-4,6-8H2,1-2H3,(H,17,25)/t14-/m1/s1. The van der Waals surface area contributed by atoms with E-state index in [1.165, 1.54) is 5.56 Å². The van der Waals surface area contributed by atoms with Crippen LogP contribution in [0.25, 0.3) is 0 Å². The van der Waals surface area contributed by atoms with Crippen LogP contribution in [0.1, 0.15) is 17.0 Å². The van der Waals surface area contributed by atoms with Gasteiger partial charge in [-0.25, -0.2) is 4.68 Å². The average molecular weight is 343 g/mol. The summed E-state index contributed by atoms with van der Waals surface area (Å²) in [7, 11) is 0. The predicted molar refractivity (Wildman–Crippen MR) is 88.5 cm³/mol. The molecule has 0 aliphatic carbocycles. The zero-order valence-corrected chi connectivity index (χ0v) is 14.3. The van der Waals surface area contributed by atoms with Crippen molar-refractivity contribution in [2.24, 2.45) is 0 Å². The fourth-order valence-electron chi connectivity index (χ4n) is 3.76. The molecule has 2 aliphatic rings. The second-order valence-corrected chi connectivity index (χ2v) is 6.61. The molecule has 2 aromatic rings. The first kappa shape index (κ1) is 15.8. The first-order valence-electron chi connectivity index (χ1n) is 8.37. The van der Waals surface area contributed by atoms with Gasteiger partial charge in [0.25, 0.3) is 0 Å². The van der Waals surface area contributed by atoms with Crippen LogP contribution in [0.3, 0.4) is 0 Å². The van der Waals surface area contributed by atoms with Crippen LogP contribution in [-0.4, -0.2) is 73.4 Å². The van der Waals surface area contributed by atoms with Crippen molar-refractivity contribution in [3.63, 3.8) is 0 Å². The van der Waals surface area contributed by atoms with Crippen LogP contribution in [0.15, 0.2) is 18.7 Å². The smallest absolute Gasteiger partial charge is 0.244 e. The summed E-state index contributed by atoms with van der Waals surface area (Å²) in [6.45, 7) is 6.90. The molecule has 2 aliphatic heterocycles. The molecule has 132 valence electrons. The van der Waals surface area contributed by atoms with Crippen molar-refractivity contribution in [3.8, 4) is 0 Å². The molecule has 0 unspecified atom stereocenters. The fourth-order valence-corrected chi connectivity index (χ4v) is 3.76. The lowest BCUT2D eigenvalue weighted by Gasteiger charge is -2.42. The van der Waals surface area contributed by atoms with Gasteiger partial charge in [-0.15, -0.1) is 10.2 Å². The molecule has 0 aromatic carbocycles. The highest BCUT2D eigenvalue weighted by molar-refractivity contribution is 5.95. The van der Waals surface area contributed by atoms with Gasteiger partial charge in [0.1, 0.15) is 18.7 Å². The molecule has 0 saturated carbocycles. The Hall–Kier alpha value is -2.68. The minimum atomic E-state index is -0.378. The van der Waals surface area contributed by atoms with E-state index in [0.717, 1.165) is 24.5 Å². The molecular weight excluding hydrogens is 322 g/mol. The van der Waals surface area contributed by atoms with Crippen molar-refractivity contribution in [3.05, 3.63) is 35.7 Å². The molecule has 4 rings (SSSR count). The van der Waals surface area contributed by atoms with Gasteiger partial charge >= 0.3 is 0 Å². The molecule has 2 fully saturated rings. The van der Waals surface area contributed by atoms with Crippen LogP contribution in [0, 0.1) is 13.8 Å². The predicted octanol–water partition coefficient (Wildman–Crippen LogP) is -0.850. The number of carbonyl (C=O) groups excluding carboxylic acids is 2. The van der Waals surface area contributed by atoms with Crippen LogP contribution in [0.4, 0.5) is 0 Å². The number of amides is 2. The van der Waals surface area contributed by atoms with E-state index in [1.807, 2.05) is 11.6 Å². The molecule has 2 amide bonds. The largest absolute Gasteiger partial charge is 0.345 e. The lowest BCUT2D eigenvalue weighted by atomic mass is 10.1. The molecule has 0 bridgehead atoms. The van der Waals surface area contributed by atoms with E-state index in [1.54, 1.807) is 17.6 Å². The van der Waals surface area contributed by atoms with Crippen molar-refractivity contribution in [2.75, 3.05) is 26.2 Å². The number of fused-ring (bicyclic) bond motifs is 1. The summed E-state index contributed by atoms with van der Waals surface area (Å²) < 4.78 is 3.90. The van der Waals surface area contributed by atoms with Crippen LogP contribution in [-0.2, 0) is 16.1 Å². The lowest BCUT2D eigenvalue weighted by Crippen LogP contribution is -2.65. The Bertz CT molecular complexity index is 811. The summed E-state index contributed by atoms with van der Waals surface area (Å²) in [6.07, 6.45) is 3.33. The number of aryl methyl sites for hydroxylation is 1. The first-order valence-corrected chi connectivity index (χ1v) is 8.37. The maximum atomic E-state index is 12.1. The monoisotopic (exact) mass is 343 g/mol. The van der Waals surface area contributed by atoms with Gasteiger partial charge in [0.05, 0.1) is 6.54 Å². The van der Waals surface area contributed by atoms with E-state index in [-0.39, 0.29) is 24.4 Å². The number of piperazine rings is 2. The Morgan fingerprint density at radius 3 is 2.72 bits per heavy atom. The quantitative estimate of drug-likeness (QED) is 0.784. The van der Waals surface area contributed by atoms with Crippen LogP contribution < -0.4 is 5.32 Å². The molecule has 2 saturated heterocycles. The Kier molecular flexibility index (Phi) is 3.79. The van der Waals surface area contributed by atoms with Crippen molar-refractivity contribution < 1.29 is 9.59 Å². The second kappa shape index (κ2) is 5.99. The third-order valence-electron chi connectivity index (χ3n) is 5.03. The number of nitrogens with one attached hydrogen (secondary N) is 1. The van der Waals surface area contributed by atoms with E-state index in [0.29, 0.717) is 13.1 Å². The van der Waals surface area contributed by atoms with Gasteiger partial charge in [0.15, 0.2) is 0 Å². The number of hydrogen-bond donors (Lipinski definition) is 1. The zero-order chi connectivity index (χ0) is 17.6. The van der Waals surface area contributed by atoms with E-state index >= 15 is 0 Å². The van der Waals surface area contributed by atoms with Gasteiger partial charge in [0, 0.05) is 37.6 Å². The van der Waals surface area contributed by atoms with Gasteiger partial charge in [-0.2, -0.15) is 0 Å². The van der Waals surface area contributed by atoms with E-state index < -0.39 is 0 Å². The highest BCUT2D eigenvalue weighted by Gasteiger charge is 2.38. The average Bonchev–Trinajstić information content (AvgIpc) is 3.20. The molecule has 1 N–H and O–H groups in total. The SMILES string of the molecule is Cc1cc(CN2CCN3C(=O)CNC(=O)[C@H]3C2)c(C)n1-n1cnnc1. The van der Waals surface area contributed by atoms with Crippen molar-refractivity contribution in [2.45, 2.75) is 26.4 Å².